The van der Waals surface area contributed by atoms with E-state index in [9.17, 15) is 14.7 Å². The first kappa shape index (κ1) is 19.6. The van der Waals surface area contributed by atoms with Gasteiger partial charge < -0.3 is 19.9 Å². The molecule has 2 N–H and O–H groups in total. The van der Waals surface area contributed by atoms with Gasteiger partial charge in [0.2, 0.25) is 0 Å². The summed E-state index contributed by atoms with van der Waals surface area (Å²) >= 11 is 5.87. The molecule has 1 aromatic heterocycles. The molecular formula is C15H21ClFN3O5. The van der Waals surface area contributed by atoms with Gasteiger partial charge in [-0.05, 0) is 6.07 Å². The van der Waals surface area contributed by atoms with Gasteiger partial charge in [0.15, 0.2) is 18.5 Å². The molecule has 1 fully saturated rings. The molecule has 0 bridgehead atoms. The van der Waals surface area contributed by atoms with Crippen molar-refractivity contribution in [2.24, 2.45) is 5.92 Å². The summed E-state index contributed by atoms with van der Waals surface area (Å²) in [7, 11) is 1.59. The first-order valence-electron chi connectivity index (χ1n) is 7.75. The van der Waals surface area contributed by atoms with Crippen molar-refractivity contribution in [2.75, 3.05) is 24.9 Å². The van der Waals surface area contributed by atoms with Crippen LogP contribution < -0.4 is 11.0 Å². The van der Waals surface area contributed by atoms with Crippen LogP contribution in [0.25, 0.3) is 0 Å². The van der Waals surface area contributed by atoms with Crippen LogP contribution in [-0.2, 0) is 14.3 Å². The number of aliphatic hydroxyl groups excluding tert-OH is 1. The maximum absolute atomic E-state index is 15.0. The summed E-state index contributed by atoms with van der Waals surface area (Å²) in [6, 6.07) is 1.46. The van der Waals surface area contributed by atoms with E-state index < -0.39 is 48.3 Å². The zero-order valence-corrected chi connectivity index (χ0v) is 14.9. The third kappa shape index (κ3) is 3.63. The van der Waals surface area contributed by atoms with E-state index in [-0.39, 0.29) is 5.88 Å². The van der Waals surface area contributed by atoms with Crippen LogP contribution in [0.1, 0.15) is 20.1 Å². The fraction of sp³-hybridized carbons (Fsp3) is 0.667. The molecule has 140 valence electrons. The molecule has 0 aromatic carbocycles. The number of aliphatic hydroxyl groups is 1. The molecule has 8 nitrogen and oxygen atoms in total. The van der Waals surface area contributed by atoms with Crippen molar-refractivity contribution >= 4 is 23.4 Å². The Morgan fingerprint density at radius 2 is 2.32 bits per heavy atom. The Morgan fingerprint density at radius 3 is 2.80 bits per heavy atom. The smallest absolute Gasteiger partial charge is 0.351 e. The number of aromatic nitrogens is 2. The number of ether oxygens (including phenoxy) is 2. The van der Waals surface area contributed by atoms with Gasteiger partial charge in [-0.3, -0.25) is 9.36 Å². The summed E-state index contributed by atoms with van der Waals surface area (Å²) in [5.74, 6) is -1.18. The highest BCUT2D eigenvalue weighted by Crippen LogP contribution is 2.41. The van der Waals surface area contributed by atoms with Gasteiger partial charge in [-0.1, -0.05) is 13.8 Å². The molecule has 0 saturated carbocycles. The normalized spacial score (nSPS) is 29.0. The standard InChI is InChI=1S/C15H21ClFN3O5/c1-8(2)13(22)24-11-10(17)12(25-15(11,6-16)7-21)20-5-4-9(18-3)19-14(20)23/h4-5,8,10-12,21H,6-7H2,1-3H3,(H,18,19,23)/t10-,11+,12-,15-/m1/s1. The van der Waals surface area contributed by atoms with Crippen molar-refractivity contribution in [1.29, 1.82) is 0 Å². The van der Waals surface area contributed by atoms with Crippen LogP contribution in [-0.4, -0.2) is 58.0 Å². The Labute approximate surface area is 148 Å². The maximum Gasteiger partial charge on any atom is 0.351 e. The van der Waals surface area contributed by atoms with E-state index in [2.05, 4.69) is 10.3 Å². The topological polar surface area (TPSA) is 103 Å². The first-order chi connectivity index (χ1) is 11.8. The summed E-state index contributed by atoms with van der Waals surface area (Å²) in [5.41, 5.74) is -2.41. The van der Waals surface area contributed by atoms with Gasteiger partial charge in [-0.15, -0.1) is 11.6 Å². The summed E-state index contributed by atoms with van der Waals surface area (Å²) in [6.45, 7) is 2.50. The summed E-state index contributed by atoms with van der Waals surface area (Å²) in [4.78, 5) is 27.7. The van der Waals surface area contributed by atoms with Gasteiger partial charge in [-0.25, -0.2) is 9.18 Å². The number of esters is 1. The summed E-state index contributed by atoms with van der Waals surface area (Å²) < 4.78 is 26.7. The first-order valence-corrected chi connectivity index (χ1v) is 8.29. The molecule has 1 aliphatic heterocycles. The summed E-state index contributed by atoms with van der Waals surface area (Å²) in [5, 5.41) is 12.4. The van der Waals surface area contributed by atoms with Crippen LogP contribution in [0.5, 0.6) is 0 Å². The second kappa shape index (κ2) is 7.67. The number of hydrogen-bond donors (Lipinski definition) is 2. The maximum atomic E-state index is 15.0. The second-order valence-corrected chi connectivity index (χ2v) is 6.34. The average molecular weight is 378 g/mol. The van der Waals surface area contributed by atoms with Crippen LogP contribution in [0.2, 0.25) is 0 Å². The highest BCUT2D eigenvalue weighted by molar-refractivity contribution is 6.18. The minimum atomic E-state index is -1.91. The fourth-order valence-electron chi connectivity index (χ4n) is 2.48. The van der Waals surface area contributed by atoms with Gasteiger partial charge >= 0.3 is 11.7 Å². The molecule has 1 saturated heterocycles. The molecular weight excluding hydrogens is 357 g/mol. The molecule has 2 heterocycles. The number of carbonyl (C=O) groups excluding carboxylic acids is 1. The van der Waals surface area contributed by atoms with E-state index >= 15 is 4.39 Å². The lowest BCUT2D eigenvalue weighted by Crippen LogP contribution is -2.50. The van der Waals surface area contributed by atoms with Gasteiger partial charge in [-0.2, -0.15) is 4.98 Å². The Bertz CT molecular complexity index is 679. The molecule has 2 rings (SSSR count). The number of carbonyl (C=O) groups is 1. The highest BCUT2D eigenvalue weighted by atomic mass is 35.5. The Hall–Kier alpha value is -1.71. The third-order valence-corrected chi connectivity index (χ3v) is 4.46. The van der Waals surface area contributed by atoms with Gasteiger partial charge in [0.05, 0.1) is 18.4 Å². The highest BCUT2D eigenvalue weighted by Gasteiger charge is 2.58. The lowest BCUT2D eigenvalue weighted by atomic mass is 9.98. The van der Waals surface area contributed by atoms with Crippen LogP contribution >= 0.6 is 11.6 Å². The van der Waals surface area contributed by atoms with E-state index in [0.717, 1.165) is 4.57 Å². The number of nitrogens with zero attached hydrogens (tertiary/aromatic N) is 2. The molecule has 0 amide bonds. The lowest BCUT2D eigenvalue weighted by Gasteiger charge is -2.30. The molecule has 25 heavy (non-hydrogen) atoms. The largest absolute Gasteiger partial charge is 0.456 e. The van der Waals surface area contributed by atoms with Crippen LogP contribution in [0.15, 0.2) is 17.1 Å². The van der Waals surface area contributed by atoms with Crippen LogP contribution in [0.4, 0.5) is 10.2 Å². The monoisotopic (exact) mass is 377 g/mol. The van der Waals surface area contributed by atoms with Crippen molar-refractivity contribution in [3.63, 3.8) is 0 Å². The molecule has 1 aliphatic rings. The van der Waals surface area contributed by atoms with Crippen molar-refractivity contribution in [3.05, 3.63) is 22.7 Å². The van der Waals surface area contributed by atoms with Gasteiger partial charge in [0, 0.05) is 13.2 Å². The lowest BCUT2D eigenvalue weighted by molar-refractivity contribution is -0.168. The van der Waals surface area contributed by atoms with E-state index in [4.69, 9.17) is 21.1 Å². The van der Waals surface area contributed by atoms with E-state index in [1.807, 2.05) is 0 Å². The van der Waals surface area contributed by atoms with E-state index in [1.54, 1.807) is 20.9 Å². The van der Waals surface area contributed by atoms with Crippen LogP contribution in [0.3, 0.4) is 0 Å². The number of hydrogen-bond acceptors (Lipinski definition) is 7. The molecule has 4 atom stereocenters. The number of halogens is 2. The van der Waals surface area contributed by atoms with Crippen molar-refractivity contribution in [2.45, 2.75) is 38.0 Å². The molecule has 10 heteroatoms. The number of rotatable bonds is 6. The summed E-state index contributed by atoms with van der Waals surface area (Å²) in [6.07, 6.45) is -3.48. The molecule has 0 unspecified atom stereocenters. The van der Waals surface area contributed by atoms with Crippen molar-refractivity contribution < 1.29 is 23.8 Å². The SMILES string of the molecule is CNc1ccn([C@@H]2O[C@@](CO)(CCl)[C@@H](OC(=O)C(C)C)[C@H]2F)c(=O)n1. The molecule has 1 aromatic rings. The predicted octanol–water partition coefficient (Wildman–Crippen LogP) is 0.690. The van der Waals surface area contributed by atoms with E-state index in [0.29, 0.717) is 5.82 Å². The molecule has 0 radical (unpaired) electrons. The number of anilines is 1. The van der Waals surface area contributed by atoms with Gasteiger partial charge in [0.1, 0.15) is 11.4 Å². The molecule has 0 spiro atoms. The average Bonchev–Trinajstić information content (AvgIpc) is 2.87. The Balaban J connectivity index is 2.39. The zero-order valence-electron chi connectivity index (χ0n) is 14.1. The molecule has 0 aliphatic carbocycles. The Kier molecular flexibility index (Phi) is 6.02. The van der Waals surface area contributed by atoms with Gasteiger partial charge in [0.25, 0.3) is 0 Å². The minimum absolute atomic E-state index is 0.309. The number of alkyl halides is 2. The second-order valence-electron chi connectivity index (χ2n) is 6.07. The zero-order chi connectivity index (χ0) is 18.8. The quantitative estimate of drug-likeness (QED) is 0.555. The minimum Gasteiger partial charge on any atom is -0.456 e. The van der Waals surface area contributed by atoms with Crippen molar-refractivity contribution in [3.8, 4) is 0 Å². The third-order valence-electron chi connectivity index (χ3n) is 4.00. The Morgan fingerprint density at radius 1 is 1.64 bits per heavy atom. The predicted molar refractivity (Wildman–Crippen MR) is 88.3 cm³/mol. The fourth-order valence-corrected chi connectivity index (χ4v) is 2.78. The number of nitrogens with one attached hydrogen (secondary N) is 1. The van der Waals surface area contributed by atoms with Crippen molar-refractivity contribution in [1.82, 2.24) is 9.55 Å². The van der Waals surface area contributed by atoms with Crippen LogP contribution in [0, 0.1) is 5.92 Å². The van der Waals surface area contributed by atoms with E-state index in [1.165, 1.54) is 12.3 Å².